The topological polar surface area (TPSA) is 69.6 Å². The lowest BCUT2D eigenvalue weighted by atomic mass is 9.91. The largest absolute Gasteiger partial charge is 0.395 e. The highest BCUT2D eigenvalue weighted by atomic mass is 16.3. The smallest absolute Gasteiger partial charge is 0.245 e. The first-order valence-corrected chi connectivity index (χ1v) is 7.76. The van der Waals surface area contributed by atoms with E-state index in [0.717, 1.165) is 32.2 Å². The maximum absolute atomic E-state index is 12.9. The van der Waals surface area contributed by atoms with Gasteiger partial charge in [0.15, 0.2) is 0 Å². The first kappa shape index (κ1) is 14.3. The predicted molar refractivity (Wildman–Crippen MR) is 78.8 cm³/mol. The van der Waals surface area contributed by atoms with Gasteiger partial charge in [0.2, 0.25) is 11.9 Å². The maximum Gasteiger partial charge on any atom is 0.245 e. The van der Waals surface area contributed by atoms with E-state index < -0.39 is 0 Å². The van der Waals surface area contributed by atoms with Gasteiger partial charge in [0.1, 0.15) is 6.04 Å². The minimum absolute atomic E-state index is 0.0246. The fourth-order valence-corrected chi connectivity index (χ4v) is 3.17. The number of aliphatic hydroxyl groups is 1. The van der Waals surface area contributed by atoms with Gasteiger partial charge < -0.3 is 14.9 Å². The Labute approximate surface area is 124 Å². The Morgan fingerprint density at radius 1 is 1.29 bits per heavy atom. The zero-order valence-electron chi connectivity index (χ0n) is 12.2. The first-order valence-electron chi connectivity index (χ1n) is 7.76. The molecule has 0 bridgehead atoms. The van der Waals surface area contributed by atoms with E-state index in [4.69, 9.17) is 0 Å². The zero-order valence-corrected chi connectivity index (χ0v) is 12.2. The Morgan fingerprint density at radius 2 is 2.05 bits per heavy atom. The van der Waals surface area contributed by atoms with Crippen LogP contribution in [0.3, 0.4) is 0 Å². The van der Waals surface area contributed by atoms with Crippen LogP contribution in [-0.2, 0) is 4.79 Å². The minimum Gasteiger partial charge on any atom is -0.395 e. The molecule has 1 aromatic rings. The molecule has 1 unspecified atom stereocenters. The summed E-state index contributed by atoms with van der Waals surface area (Å²) in [4.78, 5) is 25.3. The monoisotopic (exact) mass is 290 g/mol. The summed E-state index contributed by atoms with van der Waals surface area (Å²) in [7, 11) is 0. The number of carbonyl (C=O) groups is 1. The second-order valence-corrected chi connectivity index (χ2v) is 5.74. The van der Waals surface area contributed by atoms with Crippen molar-refractivity contribution in [2.75, 3.05) is 24.6 Å². The van der Waals surface area contributed by atoms with Crippen LogP contribution in [0, 0.1) is 0 Å². The van der Waals surface area contributed by atoms with Crippen LogP contribution in [0.25, 0.3) is 0 Å². The van der Waals surface area contributed by atoms with Gasteiger partial charge in [-0.05, 0) is 38.2 Å². The second-order valence-electron chi connectivity index (χ2n) is 5.74. The van der Waals surface area contributed by atoms with Crippen molar-refractivity contribution in [1.29, 1.82) is 0 Å². The number of amides is 1. The Morgan fingerprint density at radius 3 is 2.67 bits per heavy atom. The van der Waals surface area contributed by atoms with E-state index in [-0.39, 0.29) is 18.6 Å². The van der Waals surface area contributed by atoms with Gasteiger partial charge in [-0.25, -0.2) is 9.97 Å². The molecule has 1 amide bonds. The summed E-state index contributed by atoms with van der Waals surface area (Å²) in [6.07, 6.45) is 8.52. The molecular weight excluding hydrogens is 268 g/mol. The number of carbonyl (C=O) groups excluding carboxylic acids is 1. The molecule has 1 aliphatic heterocycles. The van der Waals surface area contributed by atoms with Crippen molar-refractivity contribution in [3.8, 4) is 0 Å². The van der Waals surface area contributed by atoms with Crippen molar-refractivity contribution in [3.63, 3.8) is 0 Å². The van der Waals surface area contributed by atoms with Crippen LogP contribution < -0.4 is 4.90 Å². The van der Waals surface area contributed by atoms with E-state index in [1.807, 2.05) is 9.80 Å². The van der Waals surface area contributed by atoms with Crippen molar-refractivity contribution in [1.82, 2.24) is 14.9 Å². The Bertz CT molecular complexity index is 478. The molecule has 1 aromatic heterocycles. The van der Waals surface area contributed by atoms with Gasteiger partial charge in [-0.3, -0.25) is 4.79 Å². The van der Waals surface area contributed by atoms with E-state index in [1.165, 1.54) is 6.42 Å². The number of hydrogen-bond acceptors (Lipinski definition) is 5. The van der Waals surface area contributed by atoms with Crippen molar-refractivity contribution in [3.05, 3.63) is 18.5 Å². The lowest BCUT2D eigenvalue weighted by Gasteiger charge is -2.39. The minimum atomic E-state index is -0.181. The van der Waals surface area contributed by atoms with Crippen LogP contribution in [0.4, 0.5) is 5.95 Å². The highest BCUT2D eigenvalue weighted by molar-refractivity contribution is 5.85. The van der Waals surface area contributed by atoms with E-state index >= 15 is 0 Å². The summed E-state index contributed by atoms with van der Waals surface area (Å²) >= 11 is 0. The molecule has 1 saturated heterocycles. The summed E-state index contributed by atoms with van der Waals surface area (Å²) in [5, 5.41) is 9.25. The highest BCUT2D eigenvalue weighted by Crippen LogP contribution is 2.29. The number of nitrogens with zero attached hydrogens (tertiary/aromatic N) is 4. The quantitative estimate of drug-likeness (QED) is 0.869. The number of anilines is 1. The fourth-order valence-electron chi connectivity index (χ4n) is 3.17. The molecular formula is C15H22N4O2. The molecule has 0 radical (unpaired) electrons. The van der Waals surface area contributed by atoms with Crippen LogP contribution in [0.15, 0.2) is 18.5 Å². The van der Waals surface area contributed by atoms with Crippen molar-refractivity contribution in [2.45, 2.75) is 44.2 Å². The molecule has 3 rings (SSSR count). The van der Waals surface area contributed by atoms with Gasteiger partial charge in [0, 0.05) is 31.5 Å². The summed E-state index contributed by atoms with van der Waals surface area (Å²) in [5.74, 6) is 0.754. The van der Waals surface area contributed by atoms with Gasteiger partial charge in [0.05, 0.1) is 6.61 Å². The number of aromatic nitrogens is 2. The first-order chi connectivity index (χ1) is 10.3. The predicted octanol–water partition coefficient (Wildman–Crippen LogP) is 0.819. The molecule has 1 N–H and O–H groups in total. The van der Waals surface area contributed by atoms with Crippen molar-refractivity contribution < 1.29 is 9.90 Å². The fraction of sp³-hybridized carbons (Fsp3) is 0.667. The maximum atomic E-state index is 12.9. The van der Waals surface area contributed by atoms with E-state index in [2.05, 4.69) is 9.97 Å². The molecule has 2 aliphatic rings. The molecule has 114 valence electrons. The molecule has 0 spiro atoms. The second kappa shape index (κ2) is 6.39. The third kappa shape index (κ3) is 2.85. The van der Waals surface area contributed by atoms with Gasteiger partial charge in [0.25, 0.3) is 0 Å². The molecule has 1 atom stereocenters. The Hall–Kier alpha value is -1.69. The van der Waals surface area contributed by atoms with Crippen LogP contribution in [-0.4, -0.2) is 57.7 Å². The molecule has 2 fully saturated rings. The molecule has 0 aromatic carbocycles. The summed E-state index contributed by atoms with van der Waals surface area (Å²) in [6.45, 7) is 1.28. The molecule has 1 saturated carbocycles. The van der Waals surface area contributed by atoms with E-state index in [9.17, 15) is 9.90 Å². The van der Waals surface area contributed by atoms with Crippen molar-refractivity contribution in [2.24, 2.45) is 0 Å². The summed E-state index contributed by atoms with van der Waals surface area (Å²) in [5.41, 5.74) is 0. The molecule has 6 nitrogen and oxygen atoms in total. The highest BCUT2D eigenvalue weighted by Gasteiger charge is 2.38. The van der Waals surface area contributed by atoms with Gasteiger partial charge in [-0.15, -0.1) is 0 Å². The summed E-state index contributed by atoms with van der Waals surface area (Å²) < 4.78 is 0. The van der Waals surface area contributed by atoms with Crippen LogP contribution in [0.2, 0.25) is 0 Å². The van der Waals surface area contributed by atoms with E-state index in [0.29, 0.717) is 18.5 Å². The lowest BCUT2D eigenvalue weighted by molar-refractivity contribution is -0.137. The van der Waals surface area contributed by atoms with Crippen LogP contribution in [0.5, 0.6) is 0 Å². The van der Waals surface area contributed by atoms with E-state index in [1.54, 1.807) is 18.5 Å². The molecule has 21 heavy (non-hydrogen) atoms. The third-order valence-corrected chi connectivity index (χ3v) is 4.49. The average Bonchev–Trinajstić information content (AvgIpc) is 2.94. The number of rotatable bonds is 5. The zero-order chi connectivity index (χ0) is 14.7. The van der Waals surface area contributed by atoms with Gasteiger partial charge in [-0.2, -0.15) is 0 Å². The number of aliphatic hydroxyl groups excluding tert-OH is 1. The van der Waals surface area contributed by atoms with Crippen LogP contribution >= 0.6 is 0 Å². The molecule has 2 heterocycles. The van der Waals surface area contributed by atoms with Gasteiger partial charge in [-0.1, -0.05) is 0 Å². The molecule has 1 aliphatic carbocycles. The lowest BCUT2D eigenvalue weighted by Crippen LogP contribution is -2.53. The van der Waals surface area contributed by atoms with Crippen molar-refractivity contribution >= 4 is 11.9 Å². The standard InChI is InChI=1S/C15H22N4O2/c20-11-10-18(12-4-1-5-12)14(21)13-6-2-9-19(13)15-16-7-3-8-17-15/h3,7-8,12-13,20H,1-2,4-6,9-11H2. The third-order valence-electron chi connectivity index (χ3n) is 4.49. The summed E-state index contributed by atoms with van der Waals surface area (Å²) in [6, 6.07) is 1.91. The SMILES string of the molecule is O=C(C1CCCN1c1ncccn1)N(CCO)C1CCC1. The van der Waals surface area contributed by atoms with Gasteiger partial charge >= 0.3 is 0 Å². The van der Waals surface area contributed by atoms with Crippen LogP contribution in [0.1, 0.15) is 32.1 Å². The Kier molecular flexibility index (Phi) is 4.34. The normalized spacial score (nSPS) is 22.1. The Balaban J connectivity index is 1.75. The molecule has 6 heteroatoms. The average molecular weight is 290 g/mol. The number of hydrogen-bond donors (Lipinski definition) is 1.